The fraction of sp³-hybridized carbons (Fsp3) is 0.317. The molecule has 0 saturated heterocycles. The Hall–Kier alpha value is -4.62. The van der Waals surface area contributed by atoms with E-state index in [4.69, 9.17) is 15.0 Å². The van der Waals surface area contributed by atoms with Gasteiger partial charge in [0, 0.05) is 22.1 Å². The summed E-state index contributed by atoms with van der Waals surface area (Å²) in [6, 6.07) is 34.4. The summed E-state index contributed by atoms with van der Waals surface area (Å²) in [6.45, 7) is 4.47. The van der Waals surface area contributed by atoms with Crippen LogP contribution in [0.4, 0.5) is 0 Å². The molecule has 1 heterocycles. The Morgan fingerprint density at radius 3 is 1.80 bits per heavy atom. The van der Waals surface area contributed by atoms with Crippen LogP contribution in [-0.2, 0) is 10.8 Å². The van der Waals surface area contributed by atoms with Crippen molar-refractivity contribution in [2.24, 2.45) is 17.8 Å². The van der Waals surface area contributed by atoms with Crippen LogP contribution in [0.2, 0.25) is 0 Å². The van der Waals surface area contributed by atoms with E-state index in [1.165, 1.54) is 66.3 Å². The second-order valence-corrected chi connectivity index (χ2v) is 14.7. The summed E-state index contributed by atoms with van der Waals surface area (Å²) in [5, 5.41) is 9.55. The molecule has 4 fully saturated rings. The van der Waals surface area contributed by atoms with Crippen LogP contribution < -0.4 is 0 Å². The Morgan fingerprint density at radius 1 is 0.600 bits per heavy atom. The number of rotatable bonds is 4. The third-order valence-corrected chi connectivity index (χ3v) is 11.5. The third-order valence-electron chi connectivity index (χ3n) is 11.5. The molecule has 45 heavy (non-hydrogen) atoms. The van der Waals surface area contributed by atoms with Gasteiger partial charge < -0.3 is 0 Å². The molecule has 4 nitrogen and oxygen atoms in total. The van der Waals surface area contributed by atoms with Crippen molar-refractivity contribution in [3.8, 4) is 51.4 Å². The van der Waals surface area contributed by atoms with Gasteiger partial charge in [0.25, 0.3) is 0 Å². The highest BCUT2D eigenvalue weighted by atomic mass is 15.0. The molecule has 4 bridgehead atoms. The van der Waals surface area contributed by atoms with Gasteiger partial charge in [0.1, 0.15) is 0 Å². The molecular weight excluding hydrogens is 548 g/mol. The number of nitriles is 1. The van der Waals surface area contributed by atoms with Crippen molar-refractivity contribution in [2.45, 2.75) is 63.2 Å². The molecule has 0 amide bonds. The monoisotopic (exact) mass is 584 g/mol. The molecule has 4 aromatic carbocycles. The van der Waals surface area contributed by atoms with Crippen LogP contribution in [-0.4, -0.2) is 15.0 Å². The SMILES string of the molecule is CC1(C)c2ccc(-c3nc(-c4ccccc4)nc(-c4ccc(C56C[C@H]7C[C@H](C5)C[C@@H](C6)C7)cc4)n3)cc2-c2ccc(C#N)cc21. The van der Waals surface area contributed by atoms with Gasteiger partial charge in [0.05, 0.1) is 11.6 Å². The van der Waals surface area contributed by atoms with Crippen molar-refractivity contribution in [1.82, 2.24) is 15.0 Å². The van der Waals surface area contributed by atoms with Crippen molar-refractivity contribution >= 4 is 0 Å². The zero-order chi connectivity index (χ0) is 30.3. The highest BCUT2D eigenvalue weighted by Gasteiger charge is 2.51. The molecule has 4 saturated carbocycles. The van der Waals surface area contributed by atoms with E-state index < -0.39 is 0 Å². The van der Waals surface area contributed by atoms with E-state index in [9.17, 15) is 5.26 Å². The van der Waals surface area contributed by atoms with Crippen LogP contribution in [0.25, 0.3) is 45.3 Å². The second kappa shape index (κ2) is 9.69. The lowest BCUT2D eigenvalue weighted by Crippen LogP contribution is -2.48. The summed E-state index contributed by atoms with van der Waals surface area (Å²) < 4.78 is 0. The predicted octanol–water partition coefficient (Wildman–Crippen LogP) is 9.52. The molecule has 4 heteroatoms. The van der Waals surface area contributed by atoms with Gasteiger partial charge >= 0.3 is 0 Å². The first-order valence-electron chi connectivity index (χ1n) is 16.5. The van der Waals surface area contributed by atoms with Crippen molar-refractivity contribution in [3.05, 3.63) is 113 Å². The number of hydrogen-bond acceptors (Lipinski definition) is 4. The van der Waals surface area contributed by atoms with Crippen molar-refractivity contribution in [2.75, 3.05) is 0 Å². The topological polar surface area (TPSA) is 62.5 Å². The van der Waals surface area contributed by atoms with E-state index in [0.717, 1.165) is 34.4 Å². The van der Waals surface area contributed by atoms with Gasteiger partial charge in [0.2, 0.25) is 0 Å². The molecule has 5 aromatic rings. The zero-order valence-corrected chi connectivity index (χ0v) is 25.9. The van der Waals surface area contributed by atoms with Gasteiger partial charge in [-0.1, -0.05) is 86.6 Å². The third kappa shape index (κ3) is 4.21. The predicted molar refractivity (Wildman–Crippen MR) is 178 cm³/mol. The maximum Gasteiger partial charge on any atom is 0.164 e. The molecule has 1 aromatic heterocycles. The number of aromatic nitrogens is 3. The van der Waals surface area contributed by atoms with Gasteiger partial charge in [-0.05, 0) is 108 Å². The summed E-state index contributed by atoms with van der Waals surface area (Å²) >= 11 is 0. The van der Waals surface area contributed by atoms with Gasteiger partial charge in [-0.25, -0.2) is 15.0 Å². The van der Waals surface area contributed by atoms with E-state index >= 15 is 0 Å². The van der Waals surface area contributed by atoms with Crippen LogP contribution in [0.15, 0.2) is 91.0 Å². The first kappa shape index (κ1) is 26.8. The summed E-state index contributed by atoms with van der Waals surface area (Å²) in [5.41, 5.74) is 10.2. The summed E-state index contributed by atoms with van der Waals surface area (Å²) in [6.07, 6.45) is 8.47. The molecule has 0 radical (unpaired) electrons. The van der Waals surface area contributed by atoms with E-state index in [1.54, 1.807) is 0 Å². The zero-order valence-electron chi connectivity index (χ0n) is 25.9. The number of fused-ring (bicyclic) bond motifs is 3. The lowest BCUT2D eigenvalue weighted by Gasteiger charge is -2.57. The van der Waals surface area contributed by atoms with Crippen LogP contribution in [0.1, 0.15) is 74.6 Å². The minimum Gasteiger partial charge on any atom is -0.208 e. The highest BCUT2D eigenvalue weighted by molar-refractivity contribution is 5.84. The smallest absolute Gasteiger partial charge is 0.164 e. The van der Waals surface area contributed by atoms with Gasteiger partial charge in [0.15, 0.2) is 17.5 Å². The first-order chi connectivity index (χ1) is 21.9. The normalized spacial score (nSPS) is 25.0. The summed E-state index contributed by atoms with van der Waals surface area (Å²) in [4.78, 5) is 15.1. The van der Waals surface area contributed by atoms with Crippen LogP contribution in [0.5, 0.6) is 0 Å². The summed E-state index contributed by atoms with van der Waals surface area (Å²) in [5.74, 6) is 4.83. The fourth-order valence-electron chi connectivity index (χ4n) is 9.75. The molecule has 5 aliphatic carbocycles. The van der Waals surface area contributed by atoms with Crippen molar-refractivity contribution in [3.63, 3.8) is 0 Å². The lowest BCUT2D eigenvalue weighted by atomic mass is 9.48. The number of hydrogen-bond donors (Lipinski definition) is 0. The van der Waals surface area contributed by atoms with Gasteiger partial charge in [-0.3, -0.25) is 0 Å². The number of benzene rings is 4. The Kier molecular flexibility index (Phi) is 5.76. The molecule has 0 atom stereocenters. The average molecular weight is 585 g/mol. The fourth-order valence-corrected chi connectivity index (χ4v) is 9.75. The quantitative estimate of drug-likeness (QED) is 0.211. The minimum atomic E-state index is -0.187. The maximum absolute atomic E-state index is 9.55. The molecule has 0 N–H and O–H groups in total. The molecule has 0 aliphatic heterocycles. The van der Waals surface area contributed by atoms with Crippen LogP contribution >= 0.6 is 0 Å². The lowest BCUT2D eigenvalue weighted by molar-refractivity contribution is -0.00518. The molecule has 5 aliphatic rings. The van der Waals surface area contributed by atoms with Gasteiger partial charge in [-0.15, -0.1) is 0 Å². The largest absolute Gasteiger partial charge is 0.208 e. The molecule has 10 rings (SSSR count). The molecule has 220 valence electrons. The average Bonchev–Trinajstić information content (AvgIpc) is 3.29. The Bertz CT molecular complexity index is 1980. The second-order valence-electron chi connectivity index (χ2n) is 14.7. The molecular formula is C41H36N4. The maximum atomic E-state index is 9.55. The van der Waals surface area contributed by atoms with E-state index in [2.05, 4.69) is 80.6 Å². The van der Waals surface area contributed by atoms with Gasteiger partial charge in [-0.2, -0.15) is 5.26 Å². The first-order valence-corrected chi connectivity index (χ1v) is 16.5. The Morgan fingerprint density at radius 2 is 1.18 bits per heavy atom. The molecule has 0 unspecified atom stereocenters. The van der Waals surface area contributed by atoms with Crippen LogP contribution in [0.3, 0.4) is 0 Å². The van der Waals surface area contributed by atoms with Crippen LogP contribution in [0, 0.1) is 29.1 Å². The highest BCUT2D eigenvalue weighted by Crippen LogP contribution is 2.60. The molecule has 0 spiro atoms. The number of nitrogens with zero attached hydrogens (tertiary/aromatic N) is 4. The van der Waals surface area contributed by atoms with E-state index in [-0.39, 0.29) is 5.41 Å². The minimum absolute atomic E-state index is 0.187. The van der Waals surface area contributed by atoms with E-state index in [0.29, 0.717) is 28.5 Å². The summed E-state index contributed by atoms with van der Waals surface area (Å²) in [7, 11) is 0. The van der Waals surface area contributed by atoms with Crippen molar-refractivity contribution < 1.29 is 0 Å². The Labute approximate surface area is 265 Å². The van der Waals surface area contributed by atoms with Crippen molar-refractivity contribution in [1.29, 1.82) is 5.26 Å². The Balaban J connectivity index is 1.13. The standard InChI is InChI=1S/C41H36N4/c1-40(2)35-15-11-31(20-34(35)33-14-8-25(24-42)19-36(33)40)39-44-37(29-6-4-3-5-7-29)43-38(45-39)30-9-12-32(13-10-30)41-21-26-16-27(22-41)18-28(17-26)23-41/h3-15,19-20,26-28H,16-18,21-23H2,1-2H3/t26-,27-,28-,41?. The van der Waals surface area contributed by atoms with E-state index in [1.807, 2.05) is 30.3 Å².